The molecule has 1 fully saturated rings. The Hall–Kier alpha value is -2.40. The van der Waals surface area contributed by atoms with Crippen molar-refractivity contribution in [1.82, 2.24) is 0 Å². The number of anilines is 1. The van der Waals surface area contributed by atoms with Gasteiger partial charge in [-0.2, -0.15) is 5.26 Å². The lowest BCUT2D eigenvalue weighted by Crippen LogP contribution is -2.29. The van der Waals surface area contributed by atoms with Gasteiger partial charge in [0.2, 0.25) is 0 Å². The highest BCUT2D eigenvalue weighted by Gasteiger charge is 2.12. The van der Waals surface area contributed by atoms with Gasteiger partial charge in [-0.1, -0.05) is 12.1 Å². The largest absolute Gasteiger partial charge is 0.459 e. The van der Waals surface area contributed by atoms with Crippen molar-refractivity contribution in [2.45, 2.75) is 19.3 Å². The molecule has 0 N–H and O–H groups in total. The normalized spacial score (nSPS) is 14.5. The summed E-state index contributed by atoms with van der Waals surface area (Å²) >= 11 is 0. The van der Waals surface area contributed by atoms with Gasteiger partial charge < -0.3 is 23.8 Å². The molecule has 0 unspecified atom stereocenters. The van der Waals surface area contributed by atoms with Crippen LogP contribution in [0.5, 0.6) is 0 Å². The maximum Gasteiger partial charge on any atom is 0.348 e. The van der Waals surface area contributed by atoms with Gasteiger partial charge in [-0.3, -0.25) is 0 Å². The van der Waals surface area contributed by atoms with Crippen LogP contribution < -0.4 is 4.90 Å². The van der Waals surface area contributed by atoms with E-state index in [2.05, 4.69) is 4.90 Å². The molecule has 0 aromatic heterocycles. The average molecular weight is 402 g/mol. The molecule has 158 valence electrons. The quantitative estimate of drug-likeness (QED) is 0.230. The van der Waals surface area contributed by atoms with Crippen LogP contribution in [0.1, 0.15) is 24.8 Å². The fraction of sp³-hybridized carbons (Fsp3) is 0.545. The van der Waals surface area contributed by atoms with E-state index in [1.807, 2.05) is 30.3 Å². The Bertz CT molecular complexity index is 675. The maximum absolute atomic E-state index is 12.1. The molecule has 29 heavy (non-hydrogen) atoms. The third-order valence-electron chi connectivity index (χ3n) is 4.53. The van der Waals surface area contributed by atoms with Gasteiger partial charge in [0.15, 0.2) is 0 Å². The van der Waals surface area contributed by atoms with Crippen LogP contribution in [-0.4, -0.2) is 65.8 Å². The van der Waals surface area contributed by atoms with E-state index in [0.29, 0.717) is 26.4 Å². The second kappa shape index (κ2) is 13.7. The van der Waals surface area contributed by atoms with Crippen molar-refractivity contribution in [3.05, 3.63) is 35.4 Å². The summed E-state index contributed by atoms with van der Waals surface area (Å²) in [6, 6.07) is 9.80. The predicted octanol–water partition coefficient (Wildman–Crippen LogP) is 2.81. The lowest BCUT2D eigenvalue weighted by Gasteiger charge is -2.28. The van der Waals surface area contributed by atoms with Gasteiger partial charge in [-0.15, -0.1) is 0 Å². The molecular formula is C22H30N2O5. The first-order chi connectivity index (χ1) is 14.2. The molecule has 7 heteroatoms. The van der Waals surface area contributed by atoms with E-state index in [9.17, 15) is 10.1 Å². The zero-order valence-electron chi connectivity index (χ0n) is 17.1. The summed E-state index contributed by atoms with van der Waals surface area (Å²) in [6.45, 7) is 4.41. The number of ether oxygens (including phenoxy) is 4. The number of hydrogen-bond acceptors (Lipinski definition) is 7. The predicted molar refractivity (Wildman–Crippen MR) is 111 cm³/mol. The van der Waals surface area contributed by atoms with Crippen LogP contribution in [0.4, 0.5) is 5.69 Å². The lowest BCUT2D eigenvalue weighted by molar-refractivity contribution is -0.140. The Morgan fingerprint density at radius 3 is 2.24 bits per heavy atom. The SMILES string of the molecule is COCCOCCOCCOC(=O)/C(C#N)=C/c1ccc(N2CCCCC2)cc1. The van der Waals surface area contributed by atoms with E-state index in [1.54, 1.807) is 13.2 Å². The second-order valence-electron chi connectivity index (χ2n) is 6.66. The van der Waals surface area contributed by atoms with Crippen LogP contribution in [0.15, 0.2) is 29.8 Å². The number of rotatable bonds is 12. The zero-order chi connectivity index (χ0) is 20.7. The minimum absolute atomic E-state index is 0.0291. The molecule has 1 aromatic carbocycles. The van der Waals surface area contributed by atoms with Crippen LogP contribution >= 0.6 is 0 Å². The third-order valence-corrected chi connectivity index (χ3v) is 4.53. The topological polar surface area (TPSA) is 81.0 Å². The van der Waals surface area contributed by atoms with Gasteiger partial charge in [0.25, 0.3) is 0 Å². The van der Waals surface area contributed by atoms with Crippen molar-refractivity contribution in [2.24, 2.45) is 0 Å². The Morgan fingerprint density at radius 2 is 1.62 bits per heavy atom. The molecule has 7 nitrogen and oxygen atoms in total. The van der Waals surface area contributed by atoms with E-state index in [0.717, 1.165) is 18.7 Å². The molecule has 2 rings (SSSR count). The minimum atomic E-state index is -0.646. The van der Waals surface area contributed by atoms with E-state index >= 15 is 0 Å². The molecule has 1 heterocycles. The highest BCUT2D eigenvalue weighted by atomic mass is 16.6. The van der Waals surface area contributed by atoms with Gasteiger partial charge in [0.05, 0.1) is 33.0 Å². The van der Waals surface area contributed by atoms with Crippen molar-refractivity contribution in [1.29, 1.82) is 5.26 Å². The summed E-state index contributed by atoms with van der Waals surface area (Å²) in [5.74, 6) is -0.646. The highest BCUT2D eigenvalue weighted by molar-refractivity contribution is 5.97. The minimum Gasteiger partial charge on any atom is -0.459 e. The standard InChI is InChI=1S/C22H30N2O5/c1-26-11-12-27-13-14-28-15-16-29-22(25)20(18-23)17-19-5-7-21(8-6-19)24-9-3-2-4-10-24/h5-8,17H,2-4,9-16H2,1H3/b20-17+. The third kappa shape index (κ3) is 8.65. The molecule has 0 bridgehead atoms. The van der Waals surface area contributed by atoms with Crippen molar-refractivity contribution in [3.8, 4) is 6.07 Å². The highest BCUT2D eigenvalue weighted by Crippen LogP contribution is 2.21. The Balaban J connectivity index is 1.72. The van der Waals surface area contributed by atoms with Gasteiger partial charge >= 0.3 is 5.97 Å². The Labute approximate surface area is 172 Å². The number of benzene rings is 1. The maximum atomic E-state index is 12.1. The molecule has 0 amide bonds. The summed E-state index contributed by atoms with van der Waals surface area (Å²) in [6.07, 6.45) is 5.28. The molecule has 0 saturated carbocycles. The molecule has 0 spiro atoms. The van der Waals surface area contributed by atoms with E-state index in [4.69, 9.17) is 18.9 Å². The van der Waals surface area contributed by atoms with Gasteiger partial charge in [-0.05, 0) is 43.0 Å². The van der Waals surface area contributed by atoms with Crippen LogP contribution in [-0.2, 0) is 23.7 Å². The van der Waals surface area contributed by atoms with E-state index in [-0.39, 0.29) is 18.8 Å². The van der Waals surface area contributed by atoms with Crippen molar-refractivity contribution < 1.29 is 23.7 Å². The number of nitrogens with zero attached hydrogens (tertiary/aromatic N) is 2. The Kier molecular flexibility index (Phi) is 10.8. The van der Waals surface area contributed by atoms with Crippen LogP contribution in [0.25, 0.3) is 6.08 Å². The van der Waals surface area contributed by atoms with E-state index in [1.165, 1.54) is 24.9 Å². The first-order valence-electron chi connectivity index (χ1n) is 10.0. The average Bonchev–Trinajstić information content (AvgIpc) is 2.77. The summed E-state index contributed by atoms with van der Waals surface area (Å²) < 4.78 is 20.5. The van der Waals surface area contributed by atoms with Crippen molar-refractivity contribution >= 4 is 17.7 Å². The summed E-state index contributed by atoms with van der Waals surface area (Å²) in [7, 11) is 1.61. The molecule has 1 aromatic rings. The smallest absolute Gasteiger partial charge is 0.348 e. The molecule has 1 aliphatic rings. The number of carbonyl (C=O) groups is 1. The molecular weight excluding hydrogens is 372 g/mol. The lowest BCUT2D eigenvalue weighted by atomic mass is 10.1. The summed E-state index contributed by atoms with van der Waals surface area (Å²) in [5, 5.41) is 9.27. The van der Waals surface area contributed by atoms with Crippen LogP contribution in [0.3, 0.4) is 0 Å². The van der Waals surface area contributed by atoms with E-state index < -0.39 is 5.97 Å². The number of esters is 1. The number of nitriles is 1. The monoisotopic (exact) mass is 402 g/mol. The first kappa shape index (κ1) is 22.9. The zero-order valence-corrected chi connectivity index (χ0v) is 17.1. The van der Waals surface area contributed by atoms with Crippen molar-refractivity contribution in [3.63, 3.8) is 0 Å². The number of hydrogen-bond donors (Lipinski definition) is 0. The number of carbonyl (C=O) groups excluding carboxylic acids is 1. The van der Waals surface area contributed by atoms with Crippen LogP contribution in [0.2, 0.25) is 0 Å². The van der Waals surface area contributed by atoms with Gasteiger partial charge in [-0.25, -0.2) is 4.79 Å². The fourth-order valence-electron chi connectivity index (χ4n) is 2.97. The van der Waals surface area contributed by atoms with Crippen molar-refractivity contribution in [2.75, 3.05) is 64.7 Å². The first-order valence-corrected chi connectivity index (χ1v) is 10.0. The molecule has 0 atom stereocenters. The molecule has 1 saturated heterocycles. The molecule has 0 aliphatic carbocycles. The number of piperidine rings is 1. The number of methoxy groups -OCH3 is 1. The van der Waals surface area contributed by atoms with Gasteiger partial charge in [0, 0.05) is 25.9 Å². The van der Waals surface area contributed by atoms with Crippen LogP contribution in [0, 0.1) is 11.3 Å². The second-order valence-corrected chi connectivity index (χ2v) is 6.66. The Morgan fingerprint density at radius 1 is 1.00 bits per heavy atom. The molecule has 0 radical (unpaired) electrons. The summed E-state index contributed by atoms with van der Waals surface area (Å²) in [5.41, 5.74) is 1.94. The summed E-state index contributed by atoms with van der Waals surface area (Å²) in [4.78, 5) is 14.4. The van der Waals surface area contributed by atoms with Gasteiger partial charge in [0.1, 0.15) is 18.2 Å². The fourth-order valence-corrected chi connectivity index (χ4v) is 2.97. The molecule has 1 aliphatic heterocycles.